The van der Waals surface area contributed by atoms with E-state index in [9.17, 15) is 5.21 Å². The highest BCUT2D eigenvalue weighted by Gasteiger charge is 2.21. The van der Waals surface area contributed by atoms with Gasteiger partial charge in [-0.1, -0.05) is 6.07 Å². The fraction of sp³-hybridized carbons (Fsp3) is 0.176. The van der Waals surface area contributed by atoms with Gasteiger partial charge in [0.1, 0.15) is 37.7 Å². The van der Waals surface area contributed by atoms with Crippen LogP contribution in [0.15, 0.2) is 55.3 Å². The first-order valence-corrected chi connectivity index (χ1v) is 7.33. The summed E-state index contributed by atoms with van der Waals surface area (Å²) in [6, 6.07) is 9.06. The number of rotatable bonds is 1. The van der Waals surface area contributed by atoms with E-state index in [0.717, 1.165) is 10.4 Å². The zero-order valence-electron chi connectivity index (χ0n) is 13.0. The van der Waals surface area contributed by atoms with Crippen LogP contribution in [-0.2, 0) is 9.47 Å². The van der Waals surface area contributed by atoms with E-state index in [0.29, 0.717) is 30.4 Å². The summed E-state index contributed by atoms with van der Waals surface area (Å²) < 4.78 is 21.2. The number of fused-ring (bicyclic) bond motifs is 1. The van der Waals surface area contributed by atoms with Gasteiger partial charge in [0, 0.05) is 19.2 Å². The molecule has 7 heteroatoms. The minimum atomic E-state index is 0.279. The molecule has 0 unspecified atom stereocenters. The van der Waals surface area contributed by atoms with Crippen LogP contribution in [0.25, 0.3) is 5.76 Å². The van der Waals surface area contributed by atoms with Crippen molar-refractivity contribution in [2.24, 2.45) is 0 Å². The van der Waals surface area contributed by atoms with Crippen LogP contribution in [0, 0.1) is 12.1 Å². The van der Waals surface area contributed by atoms with Crippen LogP contribution in [0.1, 0.15) is 11.4 Å². The lowest BCUT2D eigenvalue weighted by Gasteiger charge is -2.16. The molecule has 0 saturated carbocycles. The maximum absolute atomic E-state index is 11.3. The van der Waals surface area contributed by atoms with Crippen molar-refractivity contribution in [3.63, 3.8) is 0 Å². The first-order chi connectivity index (χ1) is 11.8. The quantitative estimate of drug-likeness (QED) is 0.590. The third-order valence-corrected chi connectivity index (χ3v) is 3.19. The first-order valence-electron chi connectivity index (χ1n) is 7.33. The van der Waals surface area contributed by atoms with Crippen LogP contribution in [0.4, 0.5) is 0 Å². The van der Waals surface area contributed by atoms with E-state index in [2.05, 4.69) is 4.98 Å². The fourth-order valence-electron chi connectivity index (χ4n) is 2.02. The molecule has 4 rings (SSSR count). The largest absolute Gasteiger partial charge is 0.616 e. The van der Waals surface area contributed by atoms with E-state index in [1.54, 1.807) is 25.3 Å². The molecular formula is C17H16N2O5. The van der Waals surface area contributed by atoms with Gasteiger partial charge in [-0.05, 0) is 18.2 Å². The molecule has 0 amide bonds. The molecular weight excluding hydrogens is 312 g/mol. The Labute approximate surface area is 139 Å². The fourth-order valence-corrected chi connectivity index (χ4v) is 2.02. The second-order valence-electron chi connectivity index (χ2n) is 4.86. The number of hydrogen-bond donors (Lipinski definition) is 0. The monoisotopic (exact) mass is 328 g/mol. The van der Waals surface area contributed by atoms with Crippen molar-refractivity contribution in [2.75, 3.05) is 13.2 Å². The molecule has 24 heavy (non-hydrogen) atoms. The Hall–Kier alpha value is -3.22. The molecule has 0 fully saturated rings. The van der Waals surface area contributed by atoms with Gasteiger partial charge < -0.3 is 24.2 Å². The molecule has 2 aliphatic heterocycles. The van der Waals surface area contributed by atoms with Gasteiger partial charge >= 0.3 is 5.88 Å². The predicted octanol–water partition coefficient (Wildman–Crippen LogP) is 2.30. The molecule has 2 aromatic rings. The summed E-state index contributed by atoms with van der Waals surface area (Å²) in [6.07, 6.45) is 6.16. The molecule has 0 saturated heterocycles. The number of aromatic nitrogens is 2. The number of ether oxygens (including phenoxy) is 4. The Morgan fingerprint density at radius 3 is 2.71 bits per heavy atom. The number of aryl methyl sites for hydroxylation is 1. The molecule has 0 N–H and O–H groups in total. The first kappa shape index (κ1) is 15.7. The van der Waals surface area contributed by atoms with E-state index >= 15 is 0 Å². The van der Waals surface area contributed by atoms with Crippen molar-refractivity contribution in [2.45, 2.75) is 6.92 Å². The molecule has 2 aromatic heterocycles. The third-order valence-electron chi connectivity index (χ3n) is 3.19. The van der Waals surface area contributed by atoms with Crippen molar-refractivity contribution in [3.8, 4) is 11.6 Å². The van der Waals surface area contributed by atoms with Gasteiger partial charge in [0.25, 0.3) is 0 Å². The summed E-state index contributed by atoms with van der Waals surface area (Å²) in [6.45, 7) is 2.68. The average molecular weight is 328 g/mol. The van der Waals surface area contributed by atoms with Crippen molar-refractivity contribution in [1.29, 1.82) is 0 Å². The van der Waals surface area contributed by atoms with Crippen molar-refractivity contribution >= 4 is 5.76 Å². The molecule has 0 atom stereocenters. The lowest BCUT2D eigenvalue weighted by molar-refractivity contribution is -0.620. The van der Waals surface area contributed by atoms with Crippen molar-refractivity contribution in [1.82, 2.24) is 4.98 Å². The van der Waals surface area contributed by atoms with Gasteiger partial charge in [-0.3, -0.25) is 4.98 Å². The van der Waals surface area contributed by atoms with Gasteiger partial charge in [-0.25, -0.2) is 0 Å². The topological polar surface area (TPSA) is 76.8 Å². The molecule has 0 aromatic carbocycles. The van der Waals surface area contributed by atoms with Crippen LogP contribution < -0.4 is 14.2 Å². The SMILES string of the molecule is C1=COC(c2ccccn2)=CO1.Cc1ccc2c([n+]1[O-])OCCO2. The molecule has 124 valence electrons. The molecule has 2 aliphatic rings. The second-order valence-corrected chi connectivity index (χ2v) is 4.86. The van der Waals surface area contributed by atoms with Gasteiger partial charge in [-0.2, -0.15) is 0 Å². The lowest BCUT2D eigenvalue weighted by Crippen LogP contribution is -2.35. The highest BCUT2D eigenvalue weighted by atomic mass is 16.6. The van der Waals surface area contributed by atoms with Gasteiger partial charge in [0.05, 0.1) is 0 Å². The smallest absolute Gasteiger partial charge is 0.423 e. The molecule has 7 nitrogen and oxygen atoms in total. The number of hydrogen-bond acceptors (Lipinski definition) is 6. The van der Waals surface area contributed by atoms with E-state index in [1.165, 1.54) is 18.8 Å². The van der Waals surface area contributed by atoms with E-state index in [4.69, 9.17) is 18.9 Å². The zero-order chi connectivity index (χ0) is 16.8. The number of pyridine rings is 2. The minimum absolute atomic E-state index is 0.279. The maximum Gasteiger partial charge on any atom is 0.423 e. The van der Waals surface area contributed by atoms with Crippen molar-refractivity contribution in [3.05, 3.63) is 71.9 Å². The number of nitrogens with zero attached hydrogens (tertiary/aromatic N) is 2. The summed E-state index contributed by atoms with van der Waals surface area (Å²) in [5.74, 6) is 1.43. The highest BCUT2D eigenvalue weighted by molar-refractivity contribution is 5.55. The summed E-state index contributed by atoms with van der Waals surface area (Å²) in [4.78, 5) is 4.10. The maximum atomic E-state index is 11.3. The summed E-state index contributed by atoms with van der Waals surface area (Å²) in [7, 11) is 0. The standard InChI is InChI=1S/C9H7NO2.C8H9NO3/c1-2-4-10-8(3-1)9-7-11-5-6-12-9;1-6-2-3-7-8(9(6)10)12-5-4-11-7/h1-7H;2-3H,4-5H2,1H3. The van der Waals surface area contributed by atoms with Crippen LogP contribution in [-0.4, -0.2) is 18.2 Å². The second kappa shape index (κ2) is 7.36. The molecule has 0 radical (unpaired) electrons. The Bertz CT molecular complexity index is 759. The Kier molecular flexibility index (Phi) is 4.81. The van der Waals surface area contributed by atoms with Crippen LogP contribution in [0.3, 0.4) is 0 Å². The van der Waals surface area contributed by atoms with Crippen molar-refractivity contribution < 1.29 is 23.7 Å². The molecule has 0 bridgehead atoms. The normalized spacial score (nSPS) is 14.5. The van der Waals surface area contributed by atoms with Crippen LogP contribution >= 0.6 is 0 Å². The van der Waals surface area contributed by atoms with Crippen LogP contribution in [0.2, 0.25) is 0 Å². The third kappa shape index (κ3) is 3.57. The Morgan fingerprint density at radius 1 is 1.08 bits per heavy atom. The van der Waals surface area contributed by atoms with Crippen LogP contribution in [0.5, 0.6) is 11.6 Å². The summed E-state index contributed by atoms with van der Waals surface area (Å²) in [5, 5.41) is 11.3. The summed E-state index contributed by atoms with van der Waals surface area (Å²) in [5.41, 5.74) is 1.38. The molecule has 0 spiro atoms. The minimum Gasteiger partial charge on any atom is -0.616 e. The van der Waals surface area contributed by atoms with Gasteiger partial charge in [-0.15, -0.1) is 4.73 Å². The average Bonchev–Trinajstić information content (AvgIpc) is 2.67. The van der Waals surface area contributed by atoms with Gasteiger partial charge in [0.15, 0.2) is 11.5 Å². The summed E-state index contributed by atoms with van der Waals surface area (Å²) >= 11 is 0. The highest BCUT2D eigenvalue weighted by Crippen LogP contribution is 2.25. The Balaban J connectivity index is 0.000000141. The lowest BCUT2D eigenvalue weighted by atomic mass is 10.3. The van der Waals surface area contributed by atoms with Gasteiger partial charge in [0.2, 0.25) is 5.75 Å². The van der Waals surface area contributed by atoms with E-state index < -0.39 is 0 Å². The van der Waals surface area contributed by atoms with E-state index in [1.807, 2.05) is 18.2 Å². The zero-order valence-corrected chi connectivity index (χ0v) is 13.0. The van der Waals surface area contributed by atoms with E-state index in [-0.39, 0.29) is 5.88 Å². The molecule has 4 heterocycles. The predicted molar refractivity (Wildman–Crippen MR) is 84.7 cm³/mol. The molecule has 0 aliphatic carbocycles. The Morgan fingerprint density at radius 2 is 1.96 bits per heavy atom.